The molecule has 2 aromatic rings. The molecule has 1 aliphatic heterocycles. The highest BCUT2D eigenvalue weighted by Crippen LogP contribution is 2.19. The van der Waals surface area contributed by atoms with E-state index in [9.17, 15) is 9.59 Å². The van der Waals surface area contributed by atoms with Crippen LogP contribution >= 0.6 is 0 Å². The molecule has 138 valence electrons. The molecule has 0 aliphatic carbocycles. The summed E-state index contributed by atoms with van der Waals surface area (Å²) >= 11 is 0. The van der Waals surface area contributed by atoms with Crippen LogP contribution in [-0.2, 0) is 11.3 Å². The Bertz CT molecular complexity index is 749. The Balaban J connectivity index is 1.55. The molecular weight excluding hydrogens is 330 g/mol. The zero-order chi connectivity index (χ0) is 18.5. The second kappa shape index (κ2) is 8.03. The van der Waals surface area contributed by atoms with Crippen LogP contribution in [0.15, 0.2) is 42.7 Å². The number of aromatic nitrogens is 2. The minimum absolute atomic E-state index is 0.0111. The normalized spacial score (nSPS) is 14.9. The van der Waals surface area contributed by atoms with Gasteiger partial charge >= 0.3 is 6.03 Å². The monoisotopic (exact) mass is 355 g/mol. The largest absolute Gasteiger partial charge is 0.352 e. The molecule has 1 aromatic carbocycles. The van der Waals surface area contributed by atoms with E-state index < -0.39 is 0 Å². The van der Waals surface area contributed by atoms with Gasteiger partial charge in [-0.15, -0.1) is 0 Å². The van der Waals surface area contributed by atoms with E-state index >= 15 is 0 Å². The summed E-state index contributed by atoms with van der Waals surface area (Å²) in [5.41, 5.74) is 1.98. The maximum absolute atomic E-state index is 12.5. The van der Waals surface area contributed by atoms with Crippen molar-refractivity contribution in [1.82, 2.24) is 24.9 Å². The van der Waals surface area contributed by atoms with Crippen LogP contribution in [0.5, 0.6) is 0 Å². The van der Waals surface area contributed by atoms with Crippen LogP contribution < -0.4 is 5.32 Å². The smallest absolute Gasteiger partial charge is 0.319 e. The van der Waals surface area contributed by atoms with E-state index in [-0.39, 0.29) is 17.9 Å². The van der Waals surface area contributed by atoms with Gasteiger partial charge in [0.05, 0.1) is 5.69 Å². The molecule has 1 aromatic heterocycles. The van der Waals surface area contributed by atoms with E-state index in [1.54, 1.807) is 34.8 Å². The SMILES string of the molecule is CN(C)C(=O)N1CCC(C(=O)NCc2ccccc2-n2cccn2)CC1. The summed E-state index contributed by atoms with van der Waals surface area (Å²) in [5.74, 6) is 0.00954. The maximum Gasteiger partial charge on any atom is 0.319 e. The number of nitrogens with one attached hydrogen (secondary N) is 1. The summed E-state index contributed by atoms with van der Waals surface area (Å²) < 4.78 is 1.80. The number of carbonyl (C=O) groups excluding carboxylic acids is 2. The summed E-state index contributed by atoms with van der Waals surface area (Å²) in [6, 6.07) is 9.78. The number of rotatable bonds is 4. The summed E-state index contributed by atoms with van der Waals surface area (Å²) in [6.07, 6.45) is 5.02. The molecule has 1 saturated heterocycles. The van der Waals surface area contributed by atoms with Crippen molar-refractivity contribution in [2.45, 2.75) is 19.4 Å². The van der Waals surface area contributed by atoms with E-state index in [0.29, 0.717) is 32.5 Å². The molecule has 1 N–H and O–H groups in total. The summed E-state index contributed by atoms with van der Waals surface area (Å²) in [7, 11) is 3.50. The zero-order valence-electron chi connectivity index (χ0n) is 15.3. The lowest BCUT2D eigenvalue weighted by molar-refractivity contribution is -0.126. The predicted molar refractivity (Wildman–Crippen MR) is 98.8 cm³/mol. The van der Waals surface area contributed by atoms with Gasteiger partial charge in [0.1, 0.15) is 0 Å². The van der Waals surface area contributed by atoms with Crippen LogP contribution in [0.4, 0.5) is 4.79 Å². The minimum Gasteiger partial charge on any atom is -0.352 e. The molecule has 0 atom stereocenters. The lowest BCUT2D eigenvalue weighted by Gasteiger charge is -2.33. The topological polar surface area (TPSA) is 70.5 Å². The standard InChI is InChI=1S/C19H25N5O2/c1-22(2)19(26)23-12-8-15(9-13-23)18(25)20-14-16-6-3-4-7-17(16)24-11-5-10-21-24/h3-7,10-11,15H,8-9,12-14H2,1-2H3,(H,20,25). The molecule has 0 saturated carbocycles. The Morgan fingerprint density at radius 1 is 1.19 bits per heavy atom. The number of urea groups is 1. The first kappa shape index (κ1) is 18.0. The summed E-state index contributed by atoms with van der Waals surface area (Å²) in [4.78, 5) is 27.9. The van der Waals surface area contributed by atoms with Gasteiger partial charge in [-0.05, 0) is 30.5 Å². The first-order valence-corrected chi connectivity index (χ1v) is 8.88. The number of piperidine rings is 1. The quantitative estimate of drug-likeness (QED) is 0.910. The van der Waals surface area contributed by atoms with Crippen LogP contribution in [0, 0.1) is 5.92 Å². The van der Waals surface area contributed by atoms with Crippen molar-refractivity contribution in [3.8, 4) is 5.69 Å². The Morgan fingerprint density at radius 3 is 2.58 bits per heavy atom. The van der Waals surface area contributed by atoms with Crippen LogP contribution in [0.1, 0.15) is 18.4 Å². The Hall–Kier alpha value is -2.83. The van der Waals surface area contributed by atoms with Crippen molar-refractivity contribution in [2.75, 3.05) is 27.2 Å². The summed E-state index contributed by atoms with van der Waals surface area (Å²) in [6.45, 7) is 1.71. The van der Waals surface area contributed by atoms with Crippen molar-refractivity contribution in [3.63, 3.8) is 0 Å². The molecule has 26 heavy (non-hydrogen) atoms. The van der Waals surface area contributed by atoms with Crippen molar-refractivity contribution >= 4 is 11.9 Å². The fraction of sp³-hybridized carbons (Fsp3) is 0.421. The third kappa shape index (κ3) is 4.04. The fourth-order valence-electron chi connectivity index (χ4n) is 3.24. The Morgan fingerprint density at radius 2 is 1.92 bits per heavy atom. The molecule has 7 nitrogen and oxygen atoms in total. The lowest BCUT2D eigenvalue weighted by atomic mass is 9.96. The van der Waals surface area contributed by atoms with Gasteiger partial charge in [0.25, 0.3) is 0 Å². The second-order valence-electron chi connectivity index (χ2n) is 6.74. The van der Waals surface area contributed by atoms with E-state index in [4.69, 9.17) is 0 Å². The Kier molecular flexibility index (Phi) is 5.55. The van der Waals surface area contributed by atoms with Gasteiger partial charge in [-0.1, -0.05) is 18.2 Å². The Labute approximate surface area is 153 Å². The fourth-order valence-corrected chi connectivity index (χ4v) is 3.24. The van der Waals surface area contributed by atoms with Crippen molar-refractivity contribution in [2.24, 2.45) is 5.92 Å². The molecule has 7 heteroatoms. The molecule has 3 amide bonds. The van der Waals surface area contributed by atoms with Gasteiger partial charge in [-0.25, -0.2) is 9.48 Å². The highest BCUT2D eigenvalue weighted by molar-refractivity contribution is 5.79. The van der Waals surface area contributed by atoms with Gasteiger partial charge in [0.2, 0.25) is 5.91 Å². The molecule has 2 heterocycles. The molecular formula is C19H25N5O2. The van der Waals surface area contributed by atoms with Gasteiger partial charge in [-0.3, -0.25) is 4.79 Å². The first-order valence-electron chi connectivity index (χ1n) is 8.88. The van der Waals surface area contributed by atoms with Crippen LogP contribution in [0.25, 0.3) is 5.69 Å². The number of amides is 3. The predicted octanol–water partition coefficient (Wildman–Crippen LogP) is 1.88. The average molecular weight is 355 g/mol. The number of hydrogen-bond acceptors (Lipinski definition) is 3. The first-order chi connectivity index (χ1) is 12.6. The second-order valence-corrected chi connectivity index (χ2v) is 6.74. The number of nitrogens with zero attached hydrogens (tertiary/aromatic N) is 4. The lowest BCUT2D eigenvalue weighted by Crippen LogP contribution is -2.46. The third-order valence-corrected chi connectivity index (χ3v) is 4.71. The van der Waals surface area contributed by atoms with Gasteiger partial charge in [0, 0.05) is 52.0 Å². The van der Waals surface area contributed by atoms with Crippen LogP contribution in [0.3, 0.4) is 0 Å². The van der Waals surface area contributed by atoms with Gasteiger partial charge in [-0.2, -0.15) is 5.10 Å². The van der Waals surface area contributed by atoms with Crippen LogP contribution in [-0.4, -0.2) is 58.7 Å². The molecule has 0 bridgehead atoms. The van der Waals surface area contributed by atoms with E-state index in [1.807, 2.05) is 36.5 Å². The average Bonchev–Trinajstić information content (AvgIpc) is 3.20. The molecule has 0 unspecified atom stereocenters. The van der Waals surface area contributed by atoms with Gasteiger partial charge in [0.15, 0.2) is 0 Å². The van der Waals surface area contributed by atoms with E-state index in [1.165, 1.54) is 0 Å². The number of para-hydroxylation sites is 1. The molecule has 0 spiro atoms. The highest BCUT2D eigenvalue weighted by Gasteiger charge is 2.27. The number of benzene rings is 1. The minimum atomic E-state index is -0.0434. The number of likely N-dealkylation sites (tertiary alicyclic amines) is 1. The zero-order valence-corrected chi connectivity index (χ0v) is 15.3. The molecule has 0 radical (unpaired) electrons. The van der Waals surface area contributed by atoms with E-state index in [2.05, 4.69) is 10.4 Å². The van der Waals surface area contributed by atoms with Crippen LogP contribution in [0.2, 0.25) is 0 Å². The number of carbonyl (C=O) groups is 2. The van der Waals surface area contributed by atoms with Crippen molar-refractivity contribution < 1.29 is 9.59 Å². The molecule has 3 rings (SSSR count). The molecule has 1 aliphatic rings. The third-order valence-electron chi connectivity index (χ3n) is 4.71. The molecule has 1 fully saturated rings. The van der Waals surface area contributed by atoms with Crippen molar-refractivity contribution in [1.29, 1.82) is 0 Å². The van der Waals surface area contributed by atoms with Gasteiger partial charge < -0.3 is 15.1 Å². The van der Waals surface area contributed by atoms with E-state index in [0.717, 1.165) is 11.3 Å². The number of hydrogen-bond donors (Lipinski definition) is 1. The van der Waals surface area contributed by atoms with Crippen molar-refractivity contribution in [3.05, 3.63) is 48.3 Å². The highest BCUT2D eigenvalue weighted by atomic mass is 16.2. The maximum atomic E-state index is 12.5. The summed E-state index contributed by atoms with van der Waals surface area (Å²) in [5, 5.41) is 7.31.